The van der Waals surface area contributed by atoms with E-state index < -0.39 is 0 Å². The molecule has 2 aromatic rings. The van der Waals surface area contributed by atoms with Crippen LogP contribution in [0, 0.1) is 19.8 Å². The zero-order valence-electron chi connectivity index (χ0n) is 12.0. The van der Waals surface area contributed by atoms with E-state index in [1.165, 1.54) is 0 Å². The Kier molecular flexibility index (Phi) is 3.88. The number of nitrogens with zero attached hydrogens (tertiary/aromatic N) is 2. The van der Waals surface area contributed by atoms with E-state index in [0.29, 0.717) is 18.2 Å². The third kappa shape index (κ3) is 2.95. The average molecular weight is 259 g/mol. The molecule has 0 aromatic carbocycles. The lowest BCUT2D eigenvalue weighted by Crippen LogP contribution is -2.27. The Balaban J connectivity index is 2.24. The summed E-state index contributed by atoms with van der Waals surface area (Å²) in [4.78, 5) is 16.7. The lowest BCUT2D eigenvalue weighted by molar-refractivity contribution is 0.0945. The Labute approximate surface area is 113 Å². The molecule has 0 atom stereocenters. The predicted molar refractivity (Wildman–Crippen MR) is 76.5 cm³/mol. The summed E-state index contributed by atoms with van der Waals surface area (Å²) in [6.45, 7) is 8.89. The van der Waals surface area contributed by atoms with Crippen molar-refractivity contribution in [2.24, 2.45) is 5.92 Å². The first-order valence-corrected chi connectivity index (χ1v) is 6.72. The quantitative estimate of drug-likeness (QED) is 0.917. The van der Waals surface area contributed by atoms with Gasteiger partial charge in [0.15, 0.2) is 0 Å². The number of aryl methyl sites for hydroxylation is 2. The molecule has 0 aliphatic carbocycles. The molecule has 4 nitrogen and oxygen atoms in total. The van der Waals surface area contributed by atoms with Crippen molar-refractivity contribution in [1.29, 1.82) is 0 Å². The fraction of sp³-hybridized carbons (Fsp3) is 0.467. The van der Waals surface area contributed by atoms with Crippen LogP contribution in [0.3, 0.4) is 0 Å². The highest BCUT2D eigenvalue weighted by Gasteiger charge is 2.16. The standard InChI is InChI=1S/C15H21N3O/c1-10(2)5-7-16-15(19)14-12(4)17-13-9-11(3)6-8-18(13)14/h6,8-10H,5,7H2,1-4H3,(H,16,19). The number of rotatable bonds is 4. The summed E-state index contributed by atoms with van der Waals surface area (Å²) in [6.07, 6.45) is 2.89. The van der Waals surface area contributed by atoms with Gasteiger partial charge in [0.1, 0.15) is 11.3 Å². The largest absolute Gasteiger partial charge is 0.351 e. The van der Waals surface area contributed by atoms with Crippen LogP contribution in [-0.4, -0.2) is 21.8 Å². The van der Waals surface area contributed by atoms with E-state index >= 15 is 0 Å². The van der Waals surface area contributed by atoms with Crippen LogP contribution in [0.5, 0.6) is 0 Å². The highest BCUT2D eigenvalue weighted by molar-refractivity contribution is 5.94. The summed E-state index contributed by atoms with van der Waals surface area (Å²) >= 11 is 0. The Bertz CT molecular complexity index is 599. The van der Waals surface area contributed by atoms with Crippen molar-refractivity contribution < 1.29 is 4.79 Å². The molecule has 0 saturated heterocycles. The minimum absolute atomic E-state index is 0.0468. The van der Waals surface area contributed by atoms with Crippen LogP contribution in [0.25, 0.3) is 5.65 Å². The summed E-state index contributed by atoms with van der Waals surface area (Å²) in [5.41, 5.74) is 3.38. The number of nitrogens with one attached hydrogen (secondary N) is 1. The minimum Gasteiger partial charge on any atom is -0.351 e. The van der Waals surface area contributed by atoms with Crippen LogP contribution in [0.4, 0.5) is 0 Å². The molecule has 0 spiro atoms. The normalized spacial score (nSPS) is 11.2. The molecule has 2 heterocycles. The third-order valence-electron chi connectivity index (χ3n) is 3.18. The maximum Gasteiger partial charge on any atom is 0.270 e. The molecule has 0 bridgehead atoms. The van der Waals surface area contributed by atoms with Gasteiger partial charge in [-0.15, -0.1) is 0 Å². The molecule has 2 rings (SSSR count). The molecule has 4 heteroatoms. The Morgan fingerprint density at radius 2 is 2.16 bits per heavy atom. The zero-order chi connectivity index (χ0) is 14.0. The van der Waals surface area contributed by atoms with Crippen molar-refractivity contribution in [3.05, 3.63) is 35.3 Å². The predicted octanol–water partition coefficient (Wildman–Crippen LogP) is 2.73. The van der Waals surface area contributed by atoms with Gasteiger partial charge in [0, 0.05) is 12.7 Å². The first kappa shape index (κ1) is 13.6. The average Bonchev–Trinajstić information content (AvgIpc) is 2.63. The Morgan fingerprint density at radius 3 is 2.84 bits per heavy atom. The van der Waals surface area contributed by atoms with Crippen molar-refractivity contribution in [3.63, 3.8) is 0 Å². The fourth-order valence-corrected chi connectivity index (χ4v) is 2.10. The molecule has 19 heavy (non-hydrogen) atoms. The summed E-state index contributed by atoms with van der Waals surface area (Å²) in [6, 6.07) is 3.97. The Hall–Kier alpha value is -1.84. The SMILES string of the molecule is Cc1ccn2c(C(=O)NCCC(C)C)c(C)nc2c1. The molecule has 0 radical (unpaired) electrons. The summed E-state index contributed by atoms with van der Waals surface area (Å²) in [7, 11) is 0. The number of pyridine rings is 1. The number of imidazole rings is 1. The second kappa shape index (κ2) is 5.43. The van der Waals surface area contributed by atoms with Crippen LogP contribution in [0.1, 0.15) is 42.0 Å². The molecule has 1 amide bonds. The number of carbonyl (C=O) groups excluding carboxylic acids is 1. The Morgan fingerprint density at radius 1 is 1.42 bits per heavy atom. The monoisotopic (exact) mass is 259 g/mol. The van der Waals surface area contributed by atoms with Gasteiger partial charge in [-0.3, -0.25) is 9.20 Å². The third-order valence-corrected chi connectivity index (χ3v) is 3.18. The lowest BCUT2D eigenvalue weighted by atomic mass is 10.1. The van der Waals surface area contributed by atoms with Gasteiger partial charge in [-0.05, 0) is 43.9 Å². The van der Waals surface area contributed by atoms with Crippen LogP contribution in [0.15, 0.2) is 18.3 Å². The van der Waals surface area contributed by atoms with Gasteiger partial charge in [-0.1, -0.05) is 13.8 Å². The molecule has 0 aliphatic heterocycles. The lowest BCUT2D eigenvalue weighted by Gasteiger charge is -2.07. The van der Waals surface area contributed by atoms with Crippen molar-refractivity contribution in [2.45, 2.75) is 34.1 Å². The maximum absolute atomic E-state index is 12.2. The molecular weight excluding hydrogens is 238 g/mol. The molecular formula is C15H21N3O. The first-order chi connectivity index (χ1) is 8.99. The molecule has 0 saturated carbocycles. The van der Waals surface area contributed by atoms with Crippen molar-refractivity contribution in [2.75, 3.05) is 6.54 Å². The molecule has 0 fully saturated rings. The molecule has 0 aliphatic rings. The van der Waals surface area contributed by atoms with Gasteiger partial charge in [-0.25, -0.2) is 4.98 Å². The van der Waals surface area contributed by atoms with E-state index in [0.717, 1.165) is 23.3 Å². The van der Waals surface area contributed by atoms with Crippen molar-refractivity contribution in [1.82, 2.24) is 14.7 Å². The summed E-state index contributed by atoms with van der Waals surface area (Å²) < 4.78 is 1.85. The zero-order valence-corrected chi connectivity index (χ0v) is 12.0. The summed E-state index contributed by atoms with van der Waals surface area (Å²) in [5.74, 6) is 0.542. The smallest absolute Gasteiger partial charge is 0.270 e. The van der Waals surface area contributed by atoms with Crippen LogP contribution in [0.2, 0.25) is 0 Å². The van der Waals surface area contributed by atoms with Gasteiger partial charge >= 0.3 is 0 Å². The number of carbonyl (C=O) groups is 1. The van der Waals surface area contributed by atoms with Crippen LogP contribution < -0.4 is 5.32 Å². The van der Waals surface area contributed by atoms with Gasteiger partial charge in [0.25, 0.3) is 5.91 Å². The maximum atomic E-state index is 12.2. The highest BCUT2D eigenvalue weighted by Crippen LogP contribution is 2.13. The van der Waals surface area contributed by atoms with E-state index in [2.05, 4.69) is 24.1 Å². The number of aromatic nitrogens is 2. The topological polar surface area (TPSA) is 46.4 Å². The second-order valence-corrected chi connectivity index (χ2v) is 5.42. The van der Waals surface area contributed by atoms with E-state index in [-0.39, 0.29) is 5.91 Å². The fourth-order valence-electron chi connectivity index (χ4n) is 2.10. The number of fused-ring (bicyclic) bond motifs is 1. The van der Waals surface area contributed by atoms with Gasteiger partial charge < -0.3 is 5.32 Å². The van der Waals surface area contributed by atoms with Gasteiger partial charge in [-0.2, -0.15) is 0 Å². The molecule has 2 aromatic heterocycles. The minimum atomic E-state index is -0.0468. The number of hydrogen-bond acceptors (Lipinski definition) is 2. The van der Waals surface area contributed by atoms with Crippen molar-refractivity contribution in [3.8, 4) is 0 Å². The number of amides is 1. The van der Waals surface area contributed by atoms with Gasteiger partial charge in [0.2, 0.25) is 0 Å². The van der Waals surface area contributed by atoms with Gasteiger partial charge in [0.05, 0.1) is 5.69 Å². The van der Waals surface area contributed by atoms with E-state index in [1.807, 2.05) is 36.6 Å². The van der Waals surface area contributed by atoms with E-state index in [1.54, 1.807) is 0 Å². The van der Waals surface area contributed by atoms with E-state index in [4.69, 9.17) is 0 Å². The van der Waals surface area contributed by atoms with Crippen molar-refractivity contribution >= 4 is 11.6 Å². The van der Waals surface area contributed by atoms with Crippen LogP contribution >= 0.6 is 0 Å². The molecule has 1 N–H and O–H groups in total. The summed E-state index contributed by atoms with van der Waals surface area (Å²) in [5, 5.41) is 2.96. The van der Waals surface area contributed by atoms with Crippen LogP contribution in [-0.2, 0) is 0 Å². The number of hydrogen-bond donors (Lipinski definition) is 1. The molecule has 102 valence electrons. The second-order valence-electron chi connectivity index (χ2n) is 5.42. The first-order valence-electron chi connectivity index (χ1n) is 6.72. The van der Waals surface area contributed by atoms with E-state index in [9.17, 15) is 4.79 Å². The molecule has 0 unspecified atom stereocenters. The highest BCUT2D eigenvalue weighted by atomic mass is 16.1.